The van der Waals surface area contributed by atoms with Gasteiger partial charge in [0.25, 0.3) is 0 Å². The Bertz CT molecular complexity index is 1110. The molecule has 1 aliphatic heterocycles. The summed E-state index contributed by atoms with van der Waals surface area (Å²) in [7, 11) is -5.09. The van der Waals surface area contributed by atoms with Crippen molar-refractivity contribution in [2.24, 2.45) is 0 Å². The molecule has 0 bridgehead atoms. The van der Waals surface area contributed by atoms with Gasteiger partial charge in [0.05, 0.1) is 44.6 Å². The number of anilines is 1. The maximum Gasteiger partial charge on any atom is 0.361 e. The highest BCUT2D eigenvalue weighted by Gasteiger charge is 2.51. The van der Waals surface area contributed by atoms with Gasteiger partial charge in [-0.05, 0) is 24.4 Å². The summed E-state index contributed by atoms with van der Waals surface area (Å²) in [6.07, 6.45) is 0.127. The van der Waals surface area contributed by atoms with Gasteiger partial charge in [0.15, 0.2) is 11.9 Å². The molecule has 0 unspecified atom stereocenters. The van der Waals surface area contributed by atoms with Gasteiger partial charge < -0.3 is 49.7 Å². The van der Waals surface area contributed by atoms with E-state index in [1.807, 2.05) is 0 Å². The van der Waals surface area contributed by atoms with Crippen LogP contribution in [0.5, 0.6) is 0 Å². The summed E-state index contributed by atoms with van der Waals surface area (Å²) in [6, 6.07) is 0.233. The highest BCUT2D eigenvalue weighted by Crippen LogP contribution is 2.51. The molecule has 3 heterocycles. The van der Waals surface area contributed by atoms with Gasteiger partial charge in [-0.25, -0.2) is 4.68 Å². The second-order valence-corrected chi connectivity index (χ2v) is 11.3. The van der Waals surface area contributed by atoms with Crippen molar-refractivity contribution in [3.8, 4) is 0 Å². The van der Waals surface area contributed by atoms with Gasteiger partial charge >= 0.3 is 7.60 Å². The van der Waals surface area contributed by atoms with E-state index in [-0.39, 0.29) is 23.6 Å². The van der Waals surface area contributed by atoms with Crippen molar-refractivity contribution in [2.75, 3.05) is 38.4 Å². The van der Waals surface area contributed by atoms with E-state index in [1.54, 1.807) is 0 Å². The van der Waals surface area contributed by atoms with E-state index in [0.717, 1.165) is 25.7 Å². The highest BCUT2D eigenvalue weighted by atomic mass is 35.5. The molecule has 0 amide bonds. The van der Waals surface area contributed by atoms with E-state index in [1.165, 1.54) is 10.9 Å². The van der Waals surface area contributed by atoms with E-state index >= 15 is 0 Å². The van der Waals surface area contributed by atoms with E-state index in [0.29, 0.717) is 11.2 Å². The molecule has 1 saturated heterocycles. The lowest BCUT2D eigenvalue weighted by atomic mass is 10.1. The second kappa shape index (κ2) is 11.7. The summed E-state index contributed by atoms with van der Waals surface area (Å²) < 4.78 is 29.4. The Kier molecular flexibility index (Phi) is 9.03. The topological polar surface area (TPSA) is 222 Å². The second-order valence-electron chi connectivity index (χ2n) is 9.08. The Hall–Kier alpha value is -1.49. The third-order valence-electron chi connectivity index (χ3n) is 6.56. The van der Waals surface area contributed by atoms with Crippen LogP contribution in [-0.2, 0) is 18.8 Å². The van der Waals surface area contributed by atoms with Crippen LogP contribution in [0.3, 0.4) is 0 Å². The van der Waals surface area contributed by atoms with Crippen LogP contribution in [0.4, 0.5) is 5.82 Å². The number of nitrogens with one attached hydrogen (secondary N) is 1. The van der Waals surface area contributed by atoms with Gasteiger partial charge in [-0.1, -0.05) is 12.8 Å². The van der Waals surface area contributed by atoms with E-state index in [4.69, 9.17) is 30.9 Å². The molecule has 2 fully saturated rings. The van der Waals surface area contributed by atoms with E-state index in [9.17, 15) is 29.7 Å². The number of fused-ring (bicyclic) bond motifs is 1. The third kappa shape index (κ3) is 5.92. The molecule has 15 nitrogen and oxygen atoms in total. The lowest BCUT2D eigenvalue weighted by Gasteiger charge is -2.33. The van der Waals surface area contributed by atoms with Crippen LogP contribution in [0.2, 0.25) is 5.28 Å². The molecule has 0 aromatic carbocycles. The number of nitrogens with zero attached hydrogens (tertiary/aromatic N) is 4. The normalized spacial score (nSPS) is 26.7. The van der Waals surface area contributed by atoms with Gasteiger partial charge in [-0.15, -0.1) is 0 Å². The fourth-order valence-electron chi connectivity index (χ4n) is 4.45. The largest absolute Gasteiger partial charge is 0.394 e. The monoisotopic (exact) mass is 567 g/mol. The first-order chi connectivity index (χ1) is 17.6. The molecule has 2 aromatic rings. The van der Waals surface area contributed by atoms with Crippen molar-refractivity contribution in [3.63, 3.8) is 0 Å². The average Bonchev–Trinajstić information content (AvgIpc) is 3.57. The number of rotatable bonds is 12. The van der Waals surface area contributed by atoms with Crippen molar-refractivity contribution in [1.82, 2.24) is 19.7 Å². The molecule has 0 spiro atoms. The highest BCUT2D eigenvalue weighted by molar-refractivity contribution is 7.53. The smallest absolute Gasteiger partial charge is 0.361 e. The Morgan fingerprint density at radius 1 is 1.22 bits per heavy atom. The third-order valence-corrected chi connectivity index (χ3v) is 8.19. The molecule has 17 heteroatoms. The van der Waals surface area contributed by atoms with Crippen LogP contribution in [0.1, 0.15) is 31.9 Å². The van der Waals surface area contributed by atoms with Gasteiger partial charge in [0.1, 0.15) is 24.1 Å². The van der Waals surface area contributed by atoms with Crippen molar-refractivity contribution in [2.45, 2.75) is 61.6 Å². The average molecular weight is 568 g/mol. The molecule has 1 saturated carbocycles. The summed E-state index contributed by atoms with van der Waals surface area (Å²) in [6.45, 7) is -3.13. The Morgan fingerprint density at radius 2 is 1.95 bits per heavy atom. The molecule has 7 N–H and O–H groups in total. The molecule has 2 aromatic heterocycles. The predicted octanol–water partition coefficient (Wildman–Crippen LogP) is -0.655. The van der Waals surface area contributed by atoms with E-state index < -0.39 is 63.9 Å². The standard InChI is InChI=1S/C20H31ClN5O10P/c21-19-24-16(23-11-3-1-2-4-11)12-7-22-26(17(12)25-19)18-15(30)14(29)13(36-18)8-35-20(9-28,37(31,32)33)10-34-6-5-27/h7,11,13-15,18,27-30H,1-6,8-10H2,(H,23,24,25)(H2,31,32,33)/t13-,14-,15-,18-,20-/m1/s1. The quantitative estimate of drug-likeness (QED) is 0.0961. The number of hydrogen-bond donors (Lipinski definition) is 7. The first kappa shape index (κ1) is 28.5. The van der Waals surface area contributed by atoms with Crippen LogP contribution in [-0.4, -0.2) is 113 Å². The zero-order chi connectivity index (χ0) is 26.8. The summed E-state index contributed by atoms with van der Waals surface area (Å²) in [4.78, 5) is 28.0. The number of aromatic nitrogens is 4. The molecule has 0 radical (unpaired) electrons. The zero-order valence-corrected chi connectivity index (χ0v) is 21.4. The van der Waals surface area contributed by atoms with Gasteiger partial charge in [0, 0.05) is 6.04 Å². The minimum atomic E-state index is -5.09. The van der Waals surface area contributed by atoms with Gasteiger partial charge in [0.2, 0.25) is 10.6 Å². The summed E-state index contributed by atoms with van der Waals surface area (Å²) in [5.41, 5.74) is 0.246. The van der Waals surface area contributed by atoms with Crippen LogP contribution in [0.25, 0.3) is 11.0 Å². The Morgan fingerprint density at radius 3 is 2.59 bits per heavy atom. The molecular formula is C20H31ClN5O10P. The van der Waals surface area contributed by atoms with Crippen LogP contribution in [0.15, 0.2) is 6.20 Å². The summed E-state index contributed by atoms with van der Waals surface area (Å²) >= 11 is 6.15. The molecular weight excluding hydrogens is 537 g/mol. The van der Waals surface area contributed by atoms with Crippen LogP contribution in [0, 0.1) is 0 Å². The summed E-state index contributed by atoms with van der Waals surface area (Å²) in [5, 5.41) is 45.5. The molecule has 37 heavy (non-hydrogen) atoms. The maximum atomic E-state index is 12.1. The number of ether oxygens (including phenoxy) is 3. The number of aliphatic hydroxyl groups is 4. The molecule has 1 aliphatic carbocycles. The van der Waals surface area contributed by atoms with Crippen LogP contribution < -0.4 is 5.32 Å². The van der Waals surface area contributed by atoms with Crippen molar-refractivity contribution in [1.29, 1.82) is 0 Å². The number of halogens is 1. The van der Waals surface area contributed by atoms with Crippen molar-refractivity contribution < 1.29 is 49.0 Å². The number of aliphatic hydroxyl groups excluding tert-OH is 4. The van der Waals surface area contributed by atoms with Crippen LogP contribution >= 0.6 is 19.2 Å². The Labute approximate surface area is 216 Å². The summed E-state index contributed by atoms with van der Waals surface area (Å²) in [5.74, 6) is 0.485. The van der Waals surface area contributed by atoms with Crippen molar-refractivity contribution in [3.05, 3.63) is 11.5 Å². The fraction of sp³-hybridized carbons (Fsp3) is 0.750. The first-order valence-electron chi connectivity index (χ1n) is 11.8. The minimum Gasteiger partial charge on any atom is -0.394 e. The minimum absolute atomic E-state index is 0.0556. The predicted molar refractivity (Wildman–Crippen MR) is 128 cm³/mol. The lowest BCUT2D eigenvalue weighted by molar-refractivity contribution is -0.130. The fourth-order valence-corrected chi connectivity index (χ4v) is 5.31. The zero-order valence-electron chi connectivity index (χ0n) is 19.8. The molecule has 208 valence electrons. The lowest BCUT2D eigenvalue weighted by Crippen LogP contribution is -2.45. The number of hydrogen-bond acceptors (Lipinski definition) is 12. The molecule has 2 aliphatic rings. The molecule has 5 atom stereocenters. The van der Waals surface area contributed by atoms with Crippen molar-refractivity contribution >= 4 is 36.0 Å². The van der Waals surface area contributed by atoms with Gasteiger partial charge in [-0.2, -0.15) is 15.1 Å². The SMILES string of the molecule is O=P(O)(O)[C@](CO)(COCCO)OC[C@H]1O[C@@H](n2ncc3c(NC4CCCC4)nc(Cl)nc32)[C@H](O)[C@@H]1O. The maximum absolute atomic E-state index is 12.1. The first-order valence-corrected chi connectivity index (χ1v) is 13.8. The Balaban J connectivity index is 1.53. The van der Waals surface area contributed by atoms with Gasteiger partial charge in [-0.3, -0.25) is 4.57 Å². The van der Waals surface area contributed by atoms with E-state index in [2.05, 4.69) is 20.4 Å². The molecule has 4 rings (SSSR count).